The van der Waals surface area contributed by atoms with Crippen molar-refractivity contribution in [2.24, 2.45) is 5.92 Å². The van der Waals surface area contributed by atoms with Crippen molar-refractivity contribution < 1.29 is 13.5 Å². The van der Waals surface area contributed by atoms with Gasteiger partial charge in [0.1, 0.15) is 5.82 Å². The van der Waals surface area contributed by atoms with Gasteiger partial charge in [0.2, 0.25) is 11.8 Å². The van der Waals surface area contributed by atoms with Crippen LogP contribution < -0.4 is 4.74 Å². The van der Waals surface area contributed by atoms with Gasteiger partial charge in [-0.2, -0.15) is 4.98 Å². The van der Waals surface area contributed by atoms with E-state index in [9.17, 15) is 8.78 Å². The van der Waals surface area contributed by atoms with Crippen molar-refractivity contribution in [3.63, 3.8) is 0 Å². The zero-order valence-electron chi connectivity index (χ0n) is 15.8. The van der Waals surface area contributed by atoms with Crippen LogP contribution in [0.4, 0.5) is 8.78 Å². The molecule has 2 aromatic heterocycles. The van der Waals surface area contributed by atoms with E-state index in [0.717, 1.165) is 23.2 Å². The van der Waals surface area contributed by atoms with E-state index in [2.05, 4.69) is 27.1 Å². The van der Waals surface area contributed by atoms with E-state index in [4.69, 9.17) is 4.74 Å². The summed E-state index contributed by atoms with van der Waals surface area (Å²) in [5, 5.41) is 0. The normalized spacial score (nSPS) is 24.6. The number of hydrogen-bond donors (Lipinski definition) is 0. The first kappa shape index (κ1) is 18.3. The third-order valence-electron chi connectivity index (χ3n) is 5.73. The van der Waals surface area contributed by atoms with Gasteiger partial charge < -0.3 is 4.74 Å². The zero-order chi connectivity index (χ0) is 19.0. The van der Waals surface area contributed by atoms with Gasteiger partial charge in [0.05, 0.1) is 6.61 Å². The molecule has 0 radical (unpaired) electrons. The number of ether oxygens (including phenoxy) is 1. The van der Waals surface area contributed by atoms with Crippen LogP contribution in [0.3, 0.4) is 0 Å². The standard InChI is InChI=1S/C21H25F2N3O/c1-13-3-4-19(25-10-13)17-9-16(17)12-27-20-18(11-24-14(2)26-20)15-5-7-21(22,23)8-6-15/h3-4,10-11,15-17H,5-9,12H2,1-2H3/t16-,17?/m1/s1. The Hall–Kier alpha value is -2.11. The van der Waals surface area contributed by atoms with Crippen LogP contribution >= 0.6 is 0 Å². The van der Waals surface area contributed by atoms with Gasteiger partial charge in [-0.05, 0) is 50.7 Å². The van der Waals surface area contributed by atoms with Crippen molar-refractivity contribution in [2.75, 3.05) is 6.61 Å². The fourth-order valence-corrected chi connectivity index (χ4v) is 3.88. The first-order chi connectivity index (χ1) is 12.9. The molecule has 2 aromatic rings. The van der Waals surface area contributed by atoms with Crippen molar-refractivity contribution in [1.29, 1.82) is 0 Å². The smallest absolute Gasteiger partial charge is 0.248 e. The predicted molar refractivity (Wildman–Crippen MR) is 98.2 cm³/mol. The van der Waals surface area contributed by atoms with Crippen molar-refractivity contribution in [1.82, 2.24) is 15.0 Å². The summed E-state index contributed by atoms with van der Waals surface area (Å²) in [5.41, 5.74) is 3.15. The van der Waals surface area contributed by atoms with Gasteiger partial charge in [0, 0.05) is 48.3 Å². The van der Waals surface area contributed by atoms with E-state index >= 15 is 0 Å². The molecule has 0 N–H and O–H groups in total. The molecular weight excluding hydrogens is 348 g/mol. The highest BCUT2D eigenvalue weighted by atomic mass is 19.3. The molecule has 0 amide bonds. The Labute approximate surface area is 158 Å². The quantitative estimate of drug-likeness (QED) is 0.743. The second kappa shape index (κ2) is 7.13. The minimum atomic E-state index is -2.54. The van der Waals surface area contributed by atoms with Crippen molar-refractivity contribution in [2.45, 2.75) is 63.7 Å². The molecule has 2 aliphatic rings. The van der Waals surface area contributed by atoms with Gasteiger partial charge in [-0.25, -0.2) is 13.8 Å². The van der Waals surface area contributed by atoms with Crippen LogP contribution in [-0.4, -0.2) is 27.5 Å². The Morgan fingerprint density at radius 1 is 1.11 bits per heavy atom. The molecule has 4 rings (SSSR count). The highest BCUT2D eigenvalue weighted by Gasteiger charge is 2.41. The Bertz CT molecular complexity index is 800. The van der Waals surface area contributed by atoms with E-state index in [1.807, 2.05) is 20.0 Å². The molecule has 0 aliphatic heterocycles. The molecule has 2 heterocycles. The minimum absolute atomic E-state index is 0.0500. The zero-order valence-corrected chi connectivity index (χ0v) is 15.8. The molecule has 27 heavy (non-hydrogen) atoms. The Morgan fingerprint density at radius 3 is 2.59 bits per heavy atom. The predicted octanol–water partition coefficient (Wildman–Crippen LogP) is 4.96. The van der Waals surface area contributed by atoms with Gasteiger partial charge >= 0.3 is 0 Å². The summed E-state index contributed by atoms with van der Waals surface area (Å²) < 4.78 is 33.0. The summed E-state index contributed by atoms with van der Waals surface area (Å²) in [7, 11) is 0. The lowest BCUT2D eigenvalue weighted by atomic mass is 9.83. The minimum Gasteiger partial charge on any atom is -0.477 e. The Balaban J connectivity index is 1.40. The largest absolute Gasteiger partial charge is 0.477 e. The molecule has 0 saturated heterocycles. The maximum atomic E-state index is 13.5. The number of aromatic nitrogens is 3. The summed E-state index contributed by atoms with van der Waals surface area (Å²) in [6.07, 6.45) is 5.48. The number of rotatable bonds is 5. The first-order valence-electron chi connectivity index (χ1n) is 9.68. The summed E-state index contributed by atoms with van der Waals surface area (Å²) in [6.45, 7) is 4.43. The van der Waals surface area contributed by atoms with Gasteiger partial charge in [-0.1, -0.05) is 6.07 Å². The van der Waals surface area contributed by atoms with E-state index in [1.54, 1.807) is 6.20 Å². The van der Waals surface area contributed by atoms with Crippen LogP contribution in [0.1, 0.15) is 66.6 Å². The molecule has 0 aromatic carbocycles. The molecule has 2 saturated carbocycles. The van der Waals surface area contributed by atoms with E-state index in [1.165, 1.54) is 0 Å². The maximum Gasteiger partial charge on any atom is 0.248 e. The molecule has 6 heteroatoms. The lowest BCUT2D eigenvalue weighted by molar-refractivity contribution is -0.0384. The van der Waals surface area contributed by atoms with Crippen LogP contribution in [0.5, 0.6) is 5.88 Å². The van der Waals surface area contributed by atoms with Crippen LogP contribution in [0, 0.1) is 19.8 Å². The first-order valence-corrected chi connectivity index (χ1v) is 9.68. The average molecular weight is 373 g/mol. The molecule has 2 atom stereocenters. The van der Waals surface area contributed by atoms with Crippen molar-refractivity contribution >= 4 is 0 Å². The highest BCUT2D eigenvalue weighted by molar-refractivity contribution is 5.29. The molecule has 0 bridgehead atoms. The fraction of sp³-hybridized carbons (Fsp3) is 0.571. The van der Waals surface area contributed by atoms with Crippen molar-refractivity contribution in [3.8, 4) is 5.88 Å². The number of nitrogens with zero attached hydrogens (tertiary/aromatic N) is 3. The maximum absolute atomic E-state index is 13.5. The highest BCUT2D eigenvalue weighted by Crippen LogP contribution is 2.47. The summed E-state index contributed by atoms with van der Waals surface area (Å²) in [5.74, 6) is -0.410. The van der Waals surface area contributed by atoms with E-state index in [0.29, 0.717) is 43.0 Å². The molecular formula is C21H25F2N3O. The molecule has 144 valence electrons. The van der Waals surface area contributed by atoms with Crippen LogP contribution in [0.2, 0.25) is 0 Å². The lowest BCUT2D eigenvalue weighted by Gasteiger charge is -2.29. The third kappa shape index (κ3) is 4.25. The number of halogens is 2. The van der Waals surface area contributed by atoms with E-state index < -0.39 is 5.92 Å². The SMILES string of the molecule is Cc1ccc(C2C[C@@H]2COc2nc(C)ncc2C2CCC(F)(F)CC2)nc1. The number of aryl methyl sites for hydroxylation is 2. The molecule has 2 fully saturated rings. The second-order valence-corrected chi connectivity index (χ2v) is 7.98. The summed E-state index contributed by atoms with van der Waals surface area (Å²) in [4.78, 5) is 13.2. The molecule has 4 nitrogen and oxygen atoms in total. The second-order valence-electron chi connectivity index (χ2n) is 7.98. The topological polar surface area (TPSA) is 47.9 Å². The number of hydrogen-bond acceptors (Lipinski definition) is 4. The Morgan fingerprint density at radius 2 is 1.89 bits per heavy atom. The number of pyridine rings is 1. The van der Waals surface area contributed by atoms with E-state index in [-0.39, 0.29) is 18.8 Å². The number of alkyl halides is 2. The van der Waals surface area contributed by atoms with Gasteiger partial charge in [-0.3, -0.25) is 4.98 Å². The van der Waals surface area contributed by atoms with Gasteiger partial charge in [0.25, 0.3) is 0 Å². The monoisotopic (exact) mass is 373 g/mol. The van der Waals surface area contributed by atoms with Crippen LogP contribution in [-0.2, 0) is 0 Å². The summed E-state index contributed by atoms with van der Waals surface area (Å²) in [6, 6.07) is 4.17. The van der Waals surface area contributed by atoms with Crippen molar-refractivity contribution in [3.05, 3.63) is 47.2 Å². The third-order valence-corrected chi connectivity index (χ3v) is 5.73. The summed E-state index contributed by atoms with van der Waals surface area (Å²) >= 11 is 0. The Kier molecular flexibility index (Phi) is 4.82. The van der Waals surface area contributed by atoms with Gasteiger partial charge in [0.15, 0.2) is 0 Å². The lowest BCUT2D eigenvalue weighted by Crippen LogP contribution is -2.24. The van der Waals surface area contributed by atoms with Gasteiger partial charge in [-0.15, -0.1) is 0 Å². The molecule has 0 spiro atoms. The molecule has 1 unspecified atom stereocenters. The fourth-order valence-electron chi connectivity index (χ4n) is 3.88. The van der Waals surface area contributed by atoms with Crippen LogP contribution in [0.15, 0.2) is 24.5 Å². The van der Waals surface area contributed by atoms with Crippen LogP contribution in [0.25, 0.3) is 0 Å². The average Bonchev–Trinajstić information content (AvgIpc) is 3.41. The molecule has 2 aliphatic carbocycles.